The second kappa shape index (κ2) is 4.61. The zero-order chi connectivity index (χ0) is 14.2. The average Bonchev–Trinajstić information content (AvgIpc) is 2.54. The molecule has 0 saturated carbocycles. The Kier molecular flexibility index (Phi) is 3.27. The van der Waals surface area contributed by atoms with Gasteiger partial charge in [-0.25, -0.2) is 4.18 Å². The molecule has 1 aliphatic rings. The number of rotatable bonds is 4. The van der Waals surface area contributed by atoms with Gasteiger partial charge in [-0.15, -0.1) is 0 Å². The highest BCUT2D eigenvalue weighted by molar-refractivity contribution is 7.80. The molecule has 0 spiro atoms. The topological polar surface area (TPSA) is 127 Å². The van der Waals surface area contributed by atoms with Crippen molar-refractivity contribution in [1.29, 1.82) is 0 Å². The van der Waals surface area contributed by atoms with Crippen molar-refractivity contribution in [3.05, 3.63) is 29.3 Å². The number of hydrogen-bond donors (Lipinski definition) is 2. The van der Waals surface area contributed by atoms with Crippen LogP contribution in [0.2, 0.25) is 0 Å². The van der Waals surface area contributed by atoms with E-state index in [0.29, 0.717) is 0 Å². The van der Waals surface area contributed by atoms with Crippen LogP contribution < -0.4 is 5.73 Å². The van der Waals surface area contributed by atoms with Crippen molar-refractivity contribution in [2.75, 3.05) is 18.9 Å². The molecule has 0 unspecified atom stereocenters. The summed E-state index contributed by atoms with van der Waals surface area (Å²) in [6.45, 7) is -0.824. The van der Waals surface area contributed by atoms with Gasteiger partial charge >= 0.3 is 10.4 Å². The molecule has 0 fully saturated rings. The molecular formula is C10H10N2O6S. The van der Waals surface area contributed by atoms with Crippen LogP contribution in [-0.4, -0.2) is 42.8 Å². The second-order valence-corrected chi connectivity index (χ2v) is 4.87. The molecule has 1 aromatic rings. The number of hydrogen-bond acceptors (Lipinski definition) is 6. The summed E-state index contributed by atoms with van der Waals surface area (Å²) in [5, 5.41) is 0. The van der Waals surface area contributed by atoms with Crippen LogP contribution in [0.25, 0.3) is 0 Å². The number of amides is 2. The van der Waals surface area contributed by atoms with Gasteiger partial charge < -0.3 is 5.73 Å². The third-order valence-electron chi connectivity index (χ3n) is 2.58. The van der Waals surface area contributed by atoms with Crippen molar-refractivity contribution in [2.24, 2.45) is 0 Å². The van der Waals surface area contributed by atoms with Crippen LogP contribution in [0.15, 0.2) is 18.2 Å². The molecule has 9 heteroatoms. The lowest BCUT2D eigenvalue weighted by Gasteiger charge is -2.12. The first-order valence-electron chi connectivity index (χ1n) is 5.18. The number of nitrogens with zero attached hydrogens (tertiary/aromatic N) is 1. The van der Waals surface area contributed by atoms with Crippen molar-refractivity contribution >= 4 is 27.9 Å². The fraction of sp³-hybridized carbons (Fsp3) is 0.200. The van der Waals surface area contributed by atoms with Gasteiger partial charge in [0, 0.05) is 5.69 Å². The van der Waals surface area contributed by atoms with Crippen LogP contribution in [0.3, 0.4) is 0 Å². The molecule has 0 aromatic heterocycles. The van der Waals surface area contributed by atoms with Gasteiger partial charge in [-0.3, -0.25) is 19.0 Å². The third-order valence-corrected chi connectivity index (χ3v) is 3.04. The molecular weight excluding hydrogens is 276 g/mol. The van der Waals surface area contributed by atoms with Crippen LogP contribution in [0.1, 0.15) is 20.7 Å². The lowest BCUT2D eigenvalue weighted by molar-refractivity contribution is 0.0628. The van der Waals surface area contributed by atoms with E-state index >= 15 is 0 Å². The molecule has 0 bridgehead atoms. The second-order valence-electron chi connectivity index (χ2n) is 3.78. The number of imide groups is 1. The van der Waals surface area contributed by atoms with Gasteiger partial charge in [0.05, 0.1) is 24.3 Å². The fourth-order valence-electron chi connectivity index (χ4n) is 1.80. The maximum atomic E-state index is 11.9. The Labute approximate surface area is 108 Å². The van der Waals surface area contributed by atoms with Gasteiger partial charge in [0.2, 0.25) is 0 Å². The Morgan fingerprint density at radius 1 is 1.26 bits per heavy atom. The molecule has 0 saturated heterocycles. The summed E-state index contributed by atoms with van der Waals surface area (Å²) in [7, 11) is -4.60. The van der Waals surface area contributed by atoms with Crippen LogP contribution in [0.4, 0.5) is 5.69 Å². The Morgan fingerprint density at radius 3 is 2.53 bits per heavy atom. The minimum absolute atomic E-state index is 0.0966. The zero-order valence-corrected chi connectivity index (χ0v) is 10.4. The van der Waals surface area contributed by atoms with E-state index in [9.17, 15) is 18.0 Å². The lowest BCUT2D eigenvalue weighted by atomic mass is 10.1. The first-order chi connectivity index (χ1) is 8.81. The molecule has 0 atom stereocenters. The molecule has 2 amide bonds. The van der Waals surface area contributed by atoms with Gasteiger partial charge in [0.1, 0.15) is 0 Å². The highest BCUT2D eigenvalue weighted by Gasteiger charge is 2.36. The maximum absolute atomic E-state index is 11.9. The molecule has 1 aliphatic heterocycles. The minimum atomic E-state index is -4.60. The van der Waals surface area contributed by atoms with Crippen molar-refractivity contribution in [3.63, 3.8) is 0 Å². The summed E-state index contributed by atoms with van der Waals surface area (Å²) in [6, 6.07) is 4.48. The molecule has 8 nitrogen and oxygen atoms in total. The van der Waals surface area contributed by atoms with E-state index in [1.807, 2.05) is 0 Å². The Morgan fingerprint density at radius 2 is 1.95 bits per heavy atom. The molecule has 0 aliphatic carbocycles. The zero-order valence-electron chi connectivity index (χ0n) is 9.57. The van der Waals surface area contributed by atoms with E-state index in [2.05, 4.69) is 4.18 Å². The normalized spacial score (nSPS) is 14.9. The van der Waals surface area contributed by atoms with Crippen LogP contribution in [0.5, 0.6) is 0 Å². The number of fused-ring (bicyclic) bond motifs is 1. The Balaban J connectivity index is 2.17. The SMILES string of the molecule is Nc1cccc2c1C(=O)N(CCOS(=O)(=O)O)C2=O. The van der Waals surface area contributed by atoms with Gasteiger partial charge in [0.15, 0.2) is 0 Å². The van der Waals surface area contributed by atoms with Crippen LogP contribution >= 0.6 is 0 Å². The Bertz CT molecular complexity index is 654. The summed E-state index contributed by atoms with van der Waals surface area (Å²) in [4.78, 5) is 24.6. The quantitative estimate of drug-likeness (QED) is 0.441. The Hall–Kier alpha value is -1.97. The predicted octanol–water partition coefficient (Wildman–Crippen LogP) is -0.316. The largest absolute Gasteiger partial charge is 0.398 e. The molecule has 19 heavy (non-hydrogen) atoms. The standard InChI is InChI=1S/C10H10N2O6S/c11-7-3-1-2-6-8(7)10(14)12(9(6)13)4-5-18-19(15,16)17/h1-3H,4-5,11H2,(H,15,16,17). The van der Waals surface area contributed by atoms with Gasteiger partial charge in [-0.1, -0.05) is 6.07 Å². The van der Waals surface area contributed by atoms with E-state index in [1.165, 1.54) is 18.2 Å². The smallest absolute Gasteiger partial charge is 0.397 e. The van der Waals surface area contributed by atoms with Gasteiger partial charge in [-0.2, -0.15) is 8.42 Å². The van der Waals surface area contributed by atoms with E-state index < -0.39 is 28.8 Å². The number of nitrogens with two attached hydrogens (primary N) is 1. The molecule has 0 radical (unpaired) electrons. The first kappa shape index (κ1) is 13.5. The molecule has 3 N–H and O–H groups in total. The van der Waals surface area contributed by atoms with Gasteiger partial charge in [-0.05, 0) is 12.1 Å². The highest BCUT2D eigenvalue weighted by atomic mass is 32.3. The van der Waals surface area contributed by atoms with Crippen molar-refractivity contribution in [2.45, 2.75) is 0 Å². The predicted molar refractivity (Wildman–Crippen MR) is 63.7 cm³/mol. The van der Waals surface area contributed by atoms with Crippen LogP contribution in [0, 0.1) is 0 Å². The molecule has 102 valence electrons. The number of nitrogen functional groups attached to an aromatic ring is 1. The monoisotopic (exact) mass is 286 g/mol. The first-order valence-corrected chi connectivity index (χ1v) is 6.54. The van der Waals surface area contributed by atoms with Crippen molar-refractivity contribution in [1.82, 2.24) is 4.90 Å². The van der Waals surface area contributed by atoms with E-state index in [-0.39, 0.29) is 23.4 Å². The third kappa shape index (κ3) is 2.57. The number of carbonyl (C=O) groups excluding carboxylic acids is 2. The molecule has 2 rings (SSSR count). The van der Waals surface area contributed by atoms with E-state index in [0.717, 1.165) is 4.90 Å². The average molecular weight is 286 g/mol. The van der Waals surface area contributed by atoms with E-state index in [4.69, 9.17) is 10.3 Å². The molecule has 1 heterocycles. The minimum Gasteiger partial charge on any atom is -0.398 e. The number of carbonyl (C=O) groups is 2. The van der Waals surface area contributed by atoms with Crippen molar-refractivity contribution in [3.8, 4) is 0 Å². The summed E-state index contributed by atoms with van der Waals surface area (Å²) >= 11 is 0. The lowest BCUT2D eigenvalue weighted by Crippen LogP contribution is -2.33. The van der Waals surface area contributed by atoms with Gasteiger partial charge in [0.25, 0.3) is 11.8 Å². The summed E-state index contributed by atoms with van der Waals surface area (Å²) in [6.07, 6.45) is 0. The summed E-state index contributed by atoms with van der Waals surface area (Å²) < 4.78 is 33.2. The highest BCUT2D eigenvalue weighted by Crippen LogP contribution is 2.27. The maximum Gasteiger partial charge on any atom is 0.397 e. The number of benzene rings is 1. The molecule has 1 aromatic carbocycles. The summed E-state index contributed by atoms with van der Waals surface area (Å²) in [5.74, 6) is -1.19. The van der Waals surface area contributed by atoms with Crippen LogP contribution in [-0.2, 0) is 14.6 Å². The van der Waals surface area contributed by atoms with E-state index in [1.54, 1.807) is 0 Å². The number of anilines is 1. The summed E-state index contributed by atoms with van der Waals surface area (Å²) in [5.41, 5.74) is 6.05. The van der Waals surface area contributed by atoms with Crippen molar-refractivity contribution < 1.29 is 26.7 Å². The fourth-order valence-corrected chi connectivity index (χ4v) is 2.08.